The van der Waals surface area contributed by atoms with Gasteiger partial charge in [0.05, 0.1) is 5.54 Å². The average Bonchev–Trinajstić information content (AvgIpc) is 2.77. The maximum absolute atomic E-state index is 9.31. The molecule has 0 atom stereocenters. The van der Waals surface area contributed by atoms with Crippen LogP contribution in [0.2, 0.25) is 0 Å². The Morgan fingerprint density at radius 2 is 2.07 bits per heavy atom. The lowest BCUT2D eigenvalue weighted by Crippen LogP contribution is -2.18. The van der Waals surface area contributed by atoms with E-state index < -0.39 is 0 Å². The average molecular weight is 188 g/mol. The van der Waals surface area contributed by atoms with E-state index in [0.29, 0.717) is 0 Å². The molecule has 0 saturated heterocycles. The SMILES string of the molecule is NC1(c2cc3ccc(O)cc3[nH]2)CC1. The van der Waals surface area contributed by atoms with Gasteiger partial charge in [-0.2, -0.15) is 0 Å². The van der Waals surface area contributed by atoms with Gasteiger partial charge in [-0.15, -0.1) is 0 Å². The monoisotopic (exact) mass is 188 g/mol. The van der Waals surface area contributed by atoms with Crippen LogP contribution in [-0.2, 0) is 5.54 Å². The molecule has 1 aliphatic carbocycles. The third kappa shape index (κ3) is 1.02. The molecule has 3 rings (SSSR count). The van der Waals surface area contributed by atoms with Crippen molar-refractivity contribution in [2.45, 2.75) is 18.4 Å². The van der Waals surface area contributed by atoms with E-state index in [1.165, 1.54) is 0 Å². The van der Waals surface area contributed by atoms with Crippen LogP contribution in [0.1, 0.15) is 18.5 Å². The van der Waals surface area contributed by atoms with Gasteiger partial charge in [-0.25, -0.2) is 0 Å². The molecule has 0 spiro atoms. The zero-order chi connectivity index (χ0) is 9.76. The largest absolute Gasteiger partial charge is 0.508 e. The first-order valence-electron chi connectivity index (χ1n) is 4.78. The topological polar surface area (TPSA) is 62.0 Å². The Balaban J connectivity index is 2.20. The molecule has 1 aliphatic rings. The van der Waals surface area contributed by atoms with E-state index in [4.69, 9.17) is 5.73 Å². The van der Waals surface area contributed by atoms with Gasteiger partial charge >= 0.3 is 0 Å². The number of rotatable bonds is 1. The van der Waals surface area contributed by atoms with Gasteiger partial charge in [0.1, 0.15) is 5.75 Å². The van der Waals surface area contributed by atoms with E-state index in [0.717, 1.165) is 29.4 Å². The summed E-state index contributed by atoms with van der Waals surface area (Å²) in [4.78, 5) is 3.25. The van der Waals surface area contributed by atoms with Crippen molar-refractivity contribution < 1.29 is 5.11 Å². The molecule has 0 unspecified atom stereocenters. The van der Waals surface area contributed by atoms with Crippen molar-refractivity contribution >= 4 is 10.9 Å². The fourth-order valence-corrected chi connectivity index (χ4v) is 1.79. The Morgan fingerprint density at radius 1 is 1.29 bits per heavy atom. The van der Waals surface area contributed by atoms with Crippen molar-refractivity contribution in [2.75, 3.05) is 0 Å². The number of phenols is 1. The third-order valence-corrected chi connectivity index (χ3v) is 2.93. The molecular formula is C11H12N2O. The molecule has 1 fully saturated rings. The standard InChI is InChI=1S/C11H12N2O/c12-11(3-4-11)10-5-7-1-2-8(14)6-9(7)13-10/h1-2,5-6,13-14H,3-4,12H2. The van der Waals surface area contributed by atoms with Gasteiger partial charge in [-0.05, 0) is 36.4 Å². The second-order valence-electron chi connectivity index (χ2n) is 4.11. The molecule has 2 aromatic rings. The van der Waals surface area contributed by atoms with Crippen LogP contribution in [0.4, 0.5) is 0 Å². The zero-order valence-electron chi connectivity index (χ0n) is 7.75. The summed E-state index contributed by atoms with van der Waals surface area (Å²) in [5, 5.41) is 10.4. The van der Waals surface area contributed by atoms with Gasteiger partial charge in [-0.1, -0.05) is 0 Å². The maximum Gasteiger partial charge on any atom is 0.117 e. The summed E-state index contributed by atoms with van der Waals surface area (Å²) in [7, 11) is 0. The Kier molecular flexibility index (Phi) is 1.30. The number of aromatic amines is 1. The quantitative estimate of drug-likeness (QED) is 0.639. The van der Waals surface area contributed by atoms with Crippen molar-refractivity contribution in [1.29, 1.82) is 0 Å². The first kappa shape index (κ1) is 7.88. The Labute approximate surface area is 81.5 Å². The fourth-order valence-electron chi connectivity index (χ4n) is 1.79. The van der Waals surface area contributed by atoms with Crippen molar-refractivity contribution in [3.05, 3.63) is 30.0 Å². The Hall–Kier alpha value is -1.48. The summed E-state index contributed by atoms with van der Waals surface area (Å²) in [5.74, 6) is 0.285. The molecule has 0 radical (unpaired) electrons. The van der Waals surface area contributed by atoms with Crippen molar-refractivity contribution in [2.24, 2.45) is 5.73 Å². The predicted octanol–water partition coefficient (Wildman–Crippen LogP) is 1.82. The third-order valence-electron chi connectivity index (χ3n) is 2.93. The molecule has 1 heterocycles. The number of fused-ring (bicyclic) bond motifs is 1. The number of benzene rings is 1. The number of aromatic nitrogens is 1. The van der Waals surface area contributed by atoms with Crippen LogP contribution in [0, 0.1) is 0 Å². The van der Waals surface area contributed by atoms with E-state index >= 15 is 0 Å². The lowest BCUT2D eigenvalue weighted by atomic mass is 10.2. The molecule has 0 aliphatic heterocycles. The van der Waals surface area contributed by atoms with Gasteiger partial charge in [0.2, 0.25) is 0 Å². The van der Waals surface area contributed by atoms with Crippen LogP contribution in [-0.4, -0.2) is 10.1 Å². The van der Waals surface area contributed by atoms with Crippen molar-refractivity contribution in [3.63, 3.8) is 0 Å². The summed E-state index contributed by atoms with van der Waals surface area (Å²) in [6, 6.07) is 7.39. The van der Waals surface area contributed by atoms with Crippen molar-refractivity contribution in [3.8, 4) is 5.75 Å². The number of nitrogens with two attached hydrogens (primary N) is 1. The van der Waals surface area contributed by atoms with Crippen LogP contribution in [0.3, 0.4) is 0 Å². The van der Waals surface area contributed by atoms with Gasteiger partial charge in [0.15, 0.2) is 0 Å². The second kappa shape index (κ2) is 2.30. The lowest BCUT2D eigenvalue weighted by molar-refractivity contribution is 0.476. The summed E-state index contributed by atoms with van der Waals surface area (Å²) in [6.07, 6.45) is 2.09. The minimum atomic E-state index is -0.130. The Morgan fingerprint density at radius 3 is 2.79 bits per heavy atom. The van der Waals surface area contributed by atoms with Crippen LogP contribution < -0.4 is 5.73 Å². The molecule has 4 N–H and O–H groups in total. The normalized spacial score (nSPS) is 18.6. The number of H-pyrrole nitrogens is 1. The van der Waals surface area contributed by atoms with E-state index in [9.17, 15) is 5.11 Å². The van der Waals surface area contributed by atoms with Crippen LogP contribution in [0.5, 0.6) is 5.75 Å². The highest BCUT2D eigenvalue weighted by Crippen LogP contribution is 2.43. The molecule has 0 amide bonds. The van der Waals surface area contributed by atoms with Gasteiger partial charge in [0, 0.05) is 17.3 Å². The number of nitrogens with one attached hydrogen (secondary N) is 1. The molecule has 72 valence electrons. The minimum absolute atomic E-state index is 0.130. The molecule has 0 bridgehead atoms. The van der Waals surface area contributed by atoms with Gasteiger partial charge in [0.25, 0.3) is 0 Å². The molecule has 1 aromatic heterocycles. The highest BCUT2D eigenvalue weighted by atomic mass is 16.3. The van der Waals surface area contributed by atoms with Gasteiger partial charge in [-0.3, -0.25) is 0 Å². The first-order valence-corrected chi connectivity index (χ1v) is 4.78. The molecule has 1 aromatic carbocycles. The zero-order valence-corrected chi connectivity index (χ0v) is 7.75. The van der Waals surface area contributed by atoms with Crippen LogP contribution >= 0.6 is 0 Å². The van der Waals surface area contributed by atoms with Crippen molar-refractivity contribution in [1.82, 2.24) is 4.98 Å². The van der Waals surface area contributed by atoms with E-state index in [1.807, 2.05) is 6.07 Å². The van der Waals surface area contributed by atoms with E-state index in [1.54, 1.807) is 12.1 Å². The highest BCUT2D eigenvalue weighted by Gasteiger charge is 2.41. The fraction of sp³-hybridized carbons (Fsp3) is 0.273. The second-order valence-corrected chi connectivity index (χ2v) is 4.11. The summed E-state index contributed by atoms with van der Waals surface area (Å²) < 4.78 is 0. The molecule has 3 nitrogen and oxygen atoms in total. The summed E-state index contributed by atoms with van der Waals surface area (Å²) in [6.45, 7) is 0. The predicted molar refractivity (Wildman–Crippen MR) is 55.1 cm³/mol. The number of hydrogen-bond acceptors (Lipinski definition) is 2. The summed E-state index contributed by atoms with van der Waals surface area (Å²) in [5.41, 5.74) is 7.98. The highest BCUT2D eigenvalue weighted by molar-refractivity contribution is 5.82. The van der Waals surface area contributed by atoms with E-state index in [-0.39, 0.29) is 11.3 Å². The number of hydrogen-bond donors (Lipinski definition) is 3. The van der Waals surface area contributed by atoms with Gasteiger partial charge < -0.3 is 15.8 Å². The molecule has 1 saturated carbocycles. The maximum atomic E-state index is 9.31. The molecule has 3 heteroatoms. The molecular weight excluding hydrogens is 176 g/mol. The number of aromatic hydroxyl groups is 1. The molecule has 14 heavy (non-hydrogen) atoms. The van der Waals surface area contributed by atoms with Crippen LogP contribution in [0.15, 0.2) is 24.3 Å². The smallest absolute Gasteiger partial charge is 0.117 e. The Bertz CT molecular complexity index is 497. The van der Waals surface area contributed by atoms with E-state index in [2.05, 4.69) is 11.1 Å². The summed E-state index contributed by atoms with van der Waals surface area (Å²) >= 11 is 0. The number of phenolic OH excluding ortho intramolecular Hbond substituents is 1. The first-order chi connectivity index (χ1) is 6.67. The minimum Gasteiger partial charge on any atom is -0.508 e. The van der Waals surface area contributed by atoms with Crippen LogP contribution in [0.25, 0.3) is 10.9 Å². The lowest BCUT2D eigenvalue weighted by Gasteiger charge is -2.03.